The molecule has 0 spiro atoms. The molecule has 0 fully saturated rings. The highest BCUT2D eigenvalue weighted by Crippen LogP contribution is 2.54. The largest absolute Gasteiger partial charge is 0.335 e. The van der Waals surface area contributed by atoms with Crippen LogP contribution in [-0.2, 0) is 11.0 Å². The van der Waals surface area contributed by atoms with Crippen LogP contribution in [0.25, 0.3) is 66.0 Å². The summed E-state index contributed by atoms with van der Waals surface area (Å²) < 4.78 is 2.52. The molecule has 0 unspecified atom stereocenters. The Balaban J connectivity index is 1.27. The van der Waals surface area contributed by atoms with Crippen LogP contribution in [-0.4, -0.2) is 4.57 Å². The zero-order valence-electron chi connectivity index (χ0n) is 32.1. The molecule has 0 atom stereocenters. The standard InChI is InChI=1S/C53H44N2/c1-52(2,3)55-47-26-15-14-23-42(47)43-30-28-39(34-49(43)55)54(48-32-27-36-19-12-13-22-40(36)50(48)37-20-10-7-11-21-37)38-29-31-44-46(33-38)53(4,5)45-25-16-24-41(51(44)45)35-17-8-6-9-18-35/h6-34H,1-5H3. The first-order valence-corrected chi connectivity index (χ1v) is 19.4. The van der Waals surface area contributed by atoms with Gasteiger partial charge >= 0.3 is 0 Å². The van der Waals surface area contributed by atoms with Crippen molar-refractivity contribution in [3.63, 3.8) is 0 Å². The smallest absolute Gasteiger partial charge is 0.0546 e. The maximum atomic E-state index is 2.52. The van der Waals surface area contributed by atoms with Crippen LogP contribution in [0.2, 0.25) is 0 Å². The molecule has 0 saturated carbocycles. The predicted octanol–water partition coefficient (Wildman–Crippen LogP) is 14.8. The topological polar surface area (TPSA) is 8.17 Å². The van der Waals surface area contributed by atoms with Gasteiger partial charge < -0.3 is 9.47 Å². The Morgan fingerprint density at radius 1 is 0.455 bits per heavy atom. The number of fused-ring (bicyclic) bond motifs is 7. The molecule has 266 valence electrons. The molecular weight excluding hydrogens is 665 g/mol. The van der Waals surface area contributed by atoms with E-state index in [0.29, 0.717) is 0 Å². The monoisotopic (exact) mass is 708 g/mol. The van der Waals surface area contributed by atoms with Crippen molar-refractivity contribution in [2.75, 3.05) is 4.90 Å². The summed E-state index contributed by atoms with van der Waals surface area (Å²) in [6.07, 6.45) is 0. The first kappa shape index (κ1) is 33.2. The SMILES string of the molecule is CC1(C)c2cc(N(c3ccc4c5ccccc5n(C(C)(C)C)c4c3)c3ccc4ccccc4c3-c3ccccc3)ccc2-c2c(-c3ccccc3)cccc21. The highest BCUT2D eigenvalue weighted by molar-refractivity contribution is 6.11. The van der Waals surface area contributed by atoms with E-state index in [9.17, 15) is 0 Å². The van der Waals surface area contributed by atoms with E-state index in [2.05, 4.69) is 220 Å². The second-order valence-corrected chi connectivity index (χ2v) is 16.6. The van der Waals surface area contributed by atoms with Crippen molar-refractivity contribution in [3.05, 3.63) is 187 Å². The van der Waals surface area contributed by atoms with E-state index in [-0.39, 0.29) is 11.0 Å². The van der Waals surface area contributed by atoms with Gasteiger partial charge in [-0.2, -0.15) is 0 Å². The van der Waals surface area contributed by atoms with E-state index < -0.39 is 0 Å². The molecule has 1 heterocycles. The fourth-order valence-electron chi connectivity index (χ4n) is 9.38. The first-order valence-electron chi connectivity index (χ1n) is 19.4. The first-order chi connectivity index (χ1) is 26.7. The lowest BCUT2D eigenvalue weighted by atomic mass is 9.81. The van der Waals surface area contributed by atoms with Crippen molar-refractivity contribution in [1.82, 2.24) is 4.57 Å². The number of para-hydroxylation sites is 1. The van der Waals surface area contributed by atoms with E-state index in [1.807, 2.05) is 0 Å². The summed E-state index contributed by atoms with van der Waals surface area (Å²) in [5.74, 6) is 0. The quantitative estimate of drug-likeness (QED) is 0.173. The number of hydrogen-bond acceptors (Lipinski definition) is 1. The molecule has 10 rings (SSSR count). The Hall–Kier alpha value is -6.38. The van der Waals surface area contributed by atoms with Gasteiger partial charge in [-0.25, -0.2) is 0 Å². The van der Waals surface area contributed by atoms with Gasteiger partial charge in [-0.15, -0.1) is 0 Å². The summed E-state index contributed by atoms with van der Waals surface area (Å²) >= 11 is 0. The van der Waals surface area contributed by atoms with Gasteiger partial charge in [0.1, 0.15) is 0 Å². The van der Waals surface area contributed by atoms with Gasteiger partial charge in [-0.3, -0.25) is 0 Å². The van der Waals surface area contributed by atoms with Crippen molar-refractivity contribution in [2.24, 2.45) is 0 Å². The lowest BCUT2D eigenvalue weighted by Gasteiger charge is -2.31. The molecule has 2 nitrogen and oxygen atoms in total. The predicted molar refractivity (Wildman–Crippen MR) is 235 cm³/mol. The molecule has 55 heavy (non-hydrogen) atoms. The zero-order chi connectivity index (χ0) is 37.5. The zero-order valence-corrected chi connectivity index (χ0v) is 32.1. The van der Waals surface area contributed by atoms with Crippen molar-refractivity contribution in [3.8, 4) is 33.4 Å². The Morgan fingerprint density at radius 3 is 1.85 bits per heavy atom. The van der Waals surface area contributed by atoms with Crippen LogP contribution >= 0.6 is 0 Å². The Bertz CT molecular complexity index is 2920. The second kappa shape index (κ2) is 12.3. The van der Waals surface area contributed by atoms with Gasteiger partial charge in [0.2, 0.25) is 0 Å². The molecule has 2 heteroatoms. The van der Waals surface area contributed by atoms with Crippen molar-refractivity contribution < 1.29 is 0 Å². The lowest BCUT2D eigenvalue weighted by molar-refractivity contribution is 0.423. The van der Waals surface area contributed by atoms with Crippen molar-refractivity contribution in [1.29, 1.82) is 0 Å². The third-order valence-electron chi connectivity index (χ3n) is 11.8. The maximum absolute atomic E-state index is 2.52. The van der Waals surface area contributed by atoms with Crippen LogP contribution in [0, 0.1) is 0 Å². The number of nitrogens with zero attached hydrogens (tertiary/aromatic N) is 2. The molecule has 0 N–H and O–H groups in total. The van der Waals surface area contributed by atoms with Gasteiger partial charge in [0.25, 0.3) is 0 Å². The number of aromatic nitrogens is 1. The third kappa shape index (κ3) is 5.16. The summed E-state index contributed by atoms with van der Waals surface area (Å²) in [6, 6.07) is 65.1. The normalized spacial score (nSPS) is 13.3. The molecule has 0 aliphatic heterocycles. The Kier molecular flexibility index (Phi) is 7.44. The average Bonchev–Trinajstić information content (AvgIpc) is 3.67. The summed E-state index contributed by atoms with van der Waals surface area (Å²) in [7, 11) is 0. The van der Waals surface area contributed by atoms with E-state index >= 15 is 0 Å². The summed E-state index contributed by atoms with van der Waals surface area (Å²) in [6.45, 7) is 11.7. The van der Waals surface area contributed by atoms with Gasteiger partial charge in [-0.05, 0) is 107 Å². The molecular formula is C53H44N2. The van der Waals surface area contributed by atoms with Gasteiger partial charge in [0.15, 0.2) is 0 Å². The second-order valence-electron chi connectivity index (χ2n) is 16.6. The molecule has 9 aromatic rings. The molecule has 1 aromatic heterocycles. The molecule has 0 saturated heterocycles. The minimum Gasteiger partial charge on any atom is -0.335 e. The van der Waals surface area contributed by atoms with Crippen molar-refractivity contribution in [2.45, 2.75) is 45.6 Å². The molecule has 0 radical (unpaired) electrons. The van der Waals surface area contributed by atoms with E-state index in [4.69, 9.17) is 0 Å². The van der Waals surface area contributed by atoms with Crippen LogP contribution in [0.15, 0.2) is 176 Å². The highest BCUT2D eigenvalue weighted by Gasteiger charge is 2.38. The number of anilines is 3. The van der Waals surface area contributed by atoms with Crippen molar-refractivity contribution >= 4 is 49.6 Å². The van der Waals surface area contributed by atoms with Crippen LogP contribution in [0.3, 0.4) is 0 Å². The van der Waals surface area contributed by atoms with Gasteiger partial charge in [-0.1, -0.05) is 153 Å². The molecule has 8 aromatic carbocycles. The summed E-state index contributed by atoms with van der Waals surface area (Å²) in [5, 5.41) is 5.03. The number of benzene rings is 8. The lowest BCUT2D eigenvalue weighted by Crippen LogP contribution is -2.21. The van der Waals surface area contributed by atoms with Gasteiger partial charge in [0.05, 0.1) is 11.2 Å². The minimum absolute atomic E-state index is 0.122. The van der Waals surface area contributed by atoms with Crippen LogP contribution < -0.4 is 4.90 Å². The number of rotatable bonds is 5. The van der Waals surface area contributed by atoms with E-state index in [1.165, 1.54) is 77.1 Å². The molecule has 1 aliphatic carbocycles. The van der Waals surface area contributed by atoms with Crippen LogP contribution in [0.1, 0.15) is 45.7 Å². The van der Waals surface area contributed by atoms with Crippen LogP contribution in [0.4, 0.5) is 17.1 Å². The Morgan fingerprint density at radius 2 is 1.09 bits per heavy atom. The van der Waals surface area contributed by atoms with E-state index in [0.717, 1.165) is 17.1 Å². The number of hydrogen-bond donors (Lipinski definition) is 0. The Labute approximate surface area is 323 Å². The maximum Gasteiger partial charge on any atom is 0.0546 e. The molecule has 0 amide bonds. The third-order valence-corrected chi connectivity index (χ3v) is 11.8. The van der Waals surface area contributed by atoms with E-state index in [1.54, 1.807) is 0 Å². The highest BCUT2D eigenvalue weighted by atomic mass is 15.1. The molecule has 1 aliphatic rings. The molecule has 0 bridgehead atoms. The fourth-order valence-corrected chi connectivity index (χ4v) is 9.38. The average molecular weight is 709 g/mol. The fraction of sp³-hybridized carbons (Fsp3) is 0.132. The summed E-state index contributed by atoms with van der Waals surface area (Å²) in [5.41, 5.74) is 16.0. The van der Waals surface area contributed by atoms with Crippen LogP contribution in [0.5, 0.6) is 0 Å². The summed E-state index contributed by atoms with van der Waals surface area (Å²) in [4.78, 5) is 2.51. The minimum atomic E-state index is -0.189. The van der Waals surface area contributed by atoms with Gasteiger partial charge in [0, 0.05) is 44.2 Å².